The fourth-order valence-electron chi connectivity index (χ4n) is 3.86. The number of nitrogens with one attached hydrogen (secondary N) is 3. The van der Waals surface area contributed by atoms with E-state index in [1.54, 1.807) is 7.05 Å². The van der Waals surface area contributed by atoms with Crippen LogP contribution in [-0.4, -0.2) is 53.1 Å². The minimum absolute atomic E-state index is 0.0624. The molecule has 2 amide bonds. The van der Waals surface area contributed by atoms with Gasteiger partial charge < -0.3 is 10.6 Å². The van der Waals surface area contributed by atoms with Crippen molar-refractivity contribution in [1.29, 1.82) is 0 Å². The number of H-pyrrole nitrogens is 1. The molecule has 1 saturated heterocycles. The predicted octanol–water partition coefficient (Wildman–Crippen LogP) is 0.894. The maximum atomic E-state index is 12.2. The number of carbonyl (C=O) groups excluding carboxylic acids is 2. The molecular formula is C17H27N5O2. The van der Waals surface area contributed by atoms with Crippen molar-refractivity contribution in [2.45, 2.75) is 57.0 Å². The molecule has 2 aliphatic rings. The van der Waals surface area contributed by atoms with Crippen molar-refractivity contribution >= 4 is 11.8 Å². The summed E-state index contributed by atoms with van der Waals surface area (Å²) >= 11 is 0. The lowest BCUT2D eigenvalue weighted by Crippen LogP contribution is -2.56. The number of amides is 2. The van der Waals surface area contributed by atoms with E-state index in [1.807, 2.05) is 6.20 Å². The molecule has 2 fully saturated rings. The van der Waals surface area contributed by atoms with Crippen LogP contribution in [0.1, 0.15) is 55.7 Å². The lowest BCUT2D eigenvalue weighted by atomic mass is 9.85. The number of hydrogen-bond acceptors (Lipinski definition) is 4. The second-order valence-corrected chi connectivity index (χ2v) is 6.80. The first kappa shape index (κ1) is 17.0. The van der Waals surface area contributed by atoms with E-state index in [-0.39, 0.29) is 18.2 Å². The van der Waals surface area contributed by atoms with E-state index in [4.69, 9.17) is 0 Å². The van der Waals surface area contributed by atoms with Gasteiger partial charge in [0, 0.05) is 43.9 Å². The van der Waals surface area contributed by atoms with Crippen LogP contribution in [0.3, 0.4) is 0 Å². The Morgan fingerprint density at radius 2 is 2.17 bits per heavy atom. The number of hydrogen-bond donors (Lipinski definition) is 3. The molecule has 1 saturated carbocycles. The van der Waals surface area contributed by atoms with E-state index in [0.717, 1.165) is 6.54 Å². The van der Waals surface area contributed by atoms with Gasteiger partial charge in [-0.25, -0.2) is 0 Å². The number of carbonyl (C=O) groups is 2. The average molecular weight is 333 g/mol. The zero-order chi connectivity index (χ0) is 16.9. The third kappa shape index (κ3) is 3.77. The van der Waals surface area contributed by atoms with Crippen molar-refractivity contribution < 1.29 is 9.59 Å². The minimum atomic E-state index is -0.409. The largest absolute Gasteiger partial charge is 0.359 e. The standard InChI is InChI=1S/C17H27N5O2/c1-18-15(23)9-14-17(24)19-7-8-22(14)11-13-10-20-21-16(13)12-5-3-2-4-6-12/h10,12,14H,2-9,11H2,1H3,(H,18,23)(H,19,24)(H,20,21)/t14-/m0/s1. The van der Waals surface area contributed by atoms with Gasteiger partial charge in [0.25, 0.3) is 0 Å². The maximum absolute atomic E-state index is 12.2. The van der Waals surface area contributed by atoms with Crippen molar-refractivity contribution in [3.8, 4) is 0 Å². The highest BCUT2D eigenvalue weighted by molar-refractivity contribution is 5.88. The molecule has 2 heterocycles. The van der Waals surface area contributed by atoms with Crippen molar-refractivity contribution in [2.24, 2.45) is 0 Å². The fourth-order valence-corrected chi connectivity index (χ4v) is 3.86. The number of aromatic amines is 1. The van der Waals surface area contributed by atoms with E-state index in [1.165, 1.54) is 43.4 Å². The summed E-state index contributed by atoms with van der Waals surface area (Å²) in [4.78, 5) is 26.1. The highest BCUT2D eigenvalue weighted by Gasteiger charge is 2.32. The molecule has 7 heteroatoms. The Labute approximate surface area is 142 Å². The molecule has 3 N–H and O–H groups in total. The summed E-state index contributed by atoms with van der Waals surface area (Å²) in [5.74, 6) is 0.376. The van der Waals surface area contributed by atoms with Gasteiger partial charge in [-0.05, 0) is 12.8 Å². The Morgan fingerprint density at radius 3 is 2.92 bits per heavy atom. The monoisotopic (exact) mass is 333 g/mol. The molecule has 3 rings (SSSR count). The van der Waals surface area contributed by atoms with Crippen molar-refractivity contribution in [3.63, 3.8) is 0 Å². The van der Waals surface area contributed by atoms with Crippen LogP contribution in [0.5, 0.6) is 0 Å². The van der Waals surface area contributed by atoms with Gasteiger partial charge in [-0.1, -0.05) is 19.3 Å². The summed E-state index contributed by atoms with van der Waals surface area (Å²) in [6.45, 7) is 2.04. The molecule has 24 heavy (non-hydrogen) atoms. The van der Waals surface area contributed by atoms with Crippen LogP contribution in [0.25, 0.3) is 0 Å². The van der Waals surface area contributed by atoms with E-state index in [2.05, 4.69) is 25.7 Å². The summed E-state index contributed by atoms with van der Waals surface area (Å²) in [7, 11) is 1.60. The first-order valence-electron chi connectivity index (χ1n) is 8.93. The number of aromatic nitrogens is 2. The molecule has 1 aromatic rings. The summed E-state index contributed by atoms with van der Waals surface area (Å²) in [6.07, 6.45) is 8.35. The molecule has 1 atom stereocenters. The van der Waals surface area contributed by atoms with Crippen LogP contribution in [-0.2, 0) is 16.1 Å². The van der Waals surface area contributed by atoms with E-state index >= 15 is 0 Å². The van der Waals surface area contributed by atoms with Gasteiger partial charge in [-0.3, -0.25) is 19.6 Å². The van der Waals surface area contributed by atoms with Gasteiger partial charge in [-0.15, -0.1) is 0 Å². The average Bonchev–Trinajstić information content (AvgIpc) is 3.06. The molecule has 132 valence electrons. The molecule has 0 spiro atoms. The zero-order valence-corrected chi connectivity index (χ0v) is 14.3. The normalized spacial score (nSPS) is 23.0. The second-order valence-electron chi connectivity index (χ2n) is 6.80. The lowest BCUT2D eigenvalue weighted by Gasteiger charge is -2.35. The molecule has 1 aliphatic heterocycles. The number of rotatable bonds is 5. The molecule has 0 unspecified atom stereocenters. The highest BCUT2D eigenvalue weighted by Crippen LogP contribution is 2.33. The number of nitrogens with zero attached hydrogens (tertiary/aromatic N) is 2. The van der Waals surface area contributed by atoms with Crippen LogP contribution in [0.15, 0.2) is 6.20 Å². The first-order chi connectivity index (χ1) is 11.7. The summed E-state index contributed by atoms with van der Waals surface area (Å²) < 4.78 is 0. The third-order valence-corrected chi connectivity index (χ3v) is 5.24. The van der Waals surface area contributed by atoms with E-state index < -0.39 is 6.04 Å². The Hall–Kier alpha value is -1.89. The van der Waals surface area contributed by atoms with Crippen LogP contribution in [0, 0.1) is 0 Å². The van der Waals surface area contributed by atoms with Crippen LogP contribution >= 0.6 is 0 Å². The summed E-state index contributed by atoms with van der Waals surface area (Å²) in [5.41, 5.74) is 2.39. The number of piperazine rings is 1. The minimum Gasteiger partial charge on any atom is -0.359 e. The topological polar surface area (TPSA) is 90.1 Å². The van der Waals surface area contributed by atoms with E-state index in [9.17, 15) is 9.59 Å². The highest BCUT2D eigenvalue weighted by atomic mass is 16.2. The molecule has 7 nitrogen and oxygen atoms in total. The molecule has 0 bridgehead atoms. The van der Waals surface area contributed by atoms with Gasteiger partial charge in [0.1, 0.15) is 0 Å². The van der Waals surface area contributed by atoms with Gasteiger partial charge in [0.05, 0.1) is 18.7 Å². The Kier molecular flexibility index (Phi) is 5.50. The Morgan fingerprint density at radius 1 is 1.38 bits per heavy atom. The molecule has 0 aromatic carbocycles. The Bertz CT molecular complexity index is 579. The van der Waals surface area contributed by atoms with Crippen molar-refractivity contribution in [3.05, 3.63) is 17.5 Å². The van der Waals surface area contributed by atoms with Crippen LogP contribution < -0.4 is 10.6 Å². The predicted molar refractivity (Wildman–Crippen MR) is 90.3 cm³/mol. The summed E-state index contributed by atoms with van der Waals surface area (Å²) in [6, 6.07) is -0.409. The molecule has 1 aromatic heterocycles. The van der Waals surface area contributed by atoms with Gasteiger partial charge in [-0.2, -0.15) is 5.10 Å². The zero-order valence-electron chi connectivity index (χ0n) is 14.3. The molecule has 1 aliphatic carbocycles. The quantitative estimate of drug-likeness (QED) is 0.746. The van der Waals surface area contributed by atoms with Crippen molar-refractivity contribution in [2.75, 3.05) is 20.1 Å². The van der Waals surface area contributed by atoms with Gasteiger partial charge in [0.15, 0.2) is 0 Å². The lowest BCUT2D eigenvalue weighted by molar-refractivity contribution is -0.134. The first-order valence-corrected chi connectivity index (χ1v) is 8.93. The fraction of sp³-hybridized carbons (Fsp3) is 0.706. The second kappa shape index (κ2) is 7.79. The van der Waals surface area contributed by atoms with Gasteiger partial charge in [0.2, 0.25) is 11.8 Å². The maximum Gasteiger partial charge on any atom is 0.237 e. The van der Waals surface area contributed by atoms with Gasteiger partial charge >= 0.3 is 0 Å². The Balaban J connectivity index is 1.72. The van der Waals surface area contributed by atoms with Crippen LogP contribution in [0.2, 0.25) is 0 Å². The summed E-state index contributed by atoms with van der Waals surface area (Å²) in [5, 5.41) is 12.9. The van der Waals surface area contributed by atoms with E-state index in [0.29, 0.717) is 19.0 Å². The molecular weight excluding hydrogens is 306 g/mol. The van der Waals surface area contributed by atoms with Crippen LogP contribution in [0.4, 0.5) is 0 Å². The smallest absolute Gasteiger partial charge is 0.237 e. The molecule has 0 radical (unpaired) electrons. The van der Waals surface area contributed by atoms with Crippen molar-refractivity contribution in [1.82, 2.24) is 25.7 Å². The SMILES string of the molecule is CNC(=O)C[C@H]1C(=O)NCCN1Cc1cn[nH]c1C1CCCCC1. The third-order valence-electron chi connectivity index (χ3n) is 5.24.